The van der Waals surface area contributed by atoms with Crippen molar-refractivity contribution < 1.29 is 4.74 Å². The second-order valence-electron chi connectivity index (χ2n) is 5.32. The summed E-state index contributed by atoms with van der Waals surface area (Å²) in [5, 5.41) is 7.30. The van der Waals surface area contributed by atoms with Crippen molar-refractivity contribution in [2.75, 3.05) is 32.8 Å². The van der Waals surface area contributed by atoms with E-state index in [-0.39, 0.29) is 0 Å². The summed E-state index contributed by atoms with van der Waals surface area (Å²) >= 11 is 5.37. The number of H-pyrrole nitrogens is 1. The number of aromatic nitrogens is 3. The zero-order valence-corrected chi connectivity index (χ0v) is 13.0. The summed E-state index contributed by atoms with van der Waals surface area (Å²) in [6, 6.07) is 8.35. The number of ether oxygens (including phenoxy) is 1. The average molecular weight is 304 g/mol. The topological polar surface area (TPSA) is 46.1 Å². The van der Waals surface area contributed by atoms with Crippen molar-refractivity contribution in [2.45, 2.75) is 13.3 Å². The molecule has 0 radical (unpaired) electrons. The lowest BCUT2D eigenvalue weighted by atomic mass is 10.2. The van der Waals surface area contributed by atoms with E-state index in [1.165, 1.54) is 5.56 Å². The maximum Gasteiger partial charge on any atom is 0.199 e. The van der Waals surface area contributed by atoms with Gasteiger partial charge in [0.1, 0.15) is 5.82 Å². The Balaban J connectivity index is 1.77. The molecule has 3 rings (SSSR count). The van der Waals surface area contributed by atoms with Crippen LogP contribution in [0.1, 0.15) is 11.4 Å². The highest BCUT2D eigenvalue weighted by Crippen LogP contribution is 2.13. The molecule has 1 N–H and O–H groups in total. The van der Waals surface area contributed by atoms with Crippen LogP contribution in [0, 0.1) is 11.7 Å². The van der Waals surface area contributed by atoms with E-state index in [2.05, 4.69) is 46.3 Å². The monoisotopic (exact) mass is 304 g/mol. The van der Waals surface area contributed by atoms with Gasteiger partial charge in [0.2, 0.25) is 0 Å². The predicted molar refractivity (Wildman–Crippen MR) is 84.4 cm³/mol. The van der Waals surface area contributed by atoms with Crippen LogP contribution in [0.25, 0.3) is 5.69 Å². The molecule has 2 aromatic rings. The number of nitrogens with zero attached hydrogens (tertiary/aromatic N) is 3. The van der Waals surface area contributed by atoms with Crippen LogP contribution in [0.15, 0.2) is 24.3 Å². The molecule has 1 aliphatic rings. The van der Waals surface area contributed by atoms with E-state index in [9.17, 15) is 0 Å². The van der Waals surface area contributed by atoms with E-state index in [0.717, 1.165) is 50.8 Å². The molecule has 1 fully saturated rings. The lowest BCUT2D eigenvalue weighted by Crippen LogP contribution is -2.37. The number of hydrogen-bond donors (Lipinski definition) is 1. The van der Waals surface area contributed by atoms with E-state index in [1.54, 1.807) is 0 Å². The van der Waals surface area contributed by atoms with E-state index in [0.29, 0.717) is 4.77 Å². The molecule has 1 saturated heterocycles. The number of aromatic amines is 1. The maximum atomic E-state index is 5.37. The minimum Gasteiger partial charge on any atom is -0.379 e. The number of hydrogen-bond acceptors (Lipinski definition) is 4. The highest BCUT2D eigenvalue weighted by molar-refractivity contribution is 7.71. The van der Waals surface area contributed by atoms with Gasteiger partial charge in [0.25, 0.3) is 0 Å². The molecule has 0 spiro atoms. The minimum atomic E-state index is 0.649. The highest BCUT2D eigenvalue weighted by Gasteiger charge is 2.13. The third-order valence-electron chi connectivity index (χ3n) is 3.79. The van der Waals surface area contributed by atoms with E-state index in [4.69, 9.17) is 17.0 Å². The Morgan fingerprint density at radius 2 is 1.95 bits per heavy atom. The molecule has 1 aliphatic heterocycles. The van der Waals surface area contributed by atoms with Crippen molar-refractivity contribution in [2.24, 2.45) is 0 Å². The fraction of sp³-hybridized carbons (Fsp3) is 0.467. The molecule has 0 unspecified atom stereocenters. The fourth-order valence-electron chi connectivity index (χ4n) is 2.54. The SMILES string of the molecule is Cc1ccc(-n2c(CCN3CCOCC3)n[nH]c2=S)cc1. The number of benzene rings is 1. The largest absolute Gasteiger partial charge is 0.379 e. The molecule has 21 heavy (non-hydrogen) atoms. The van der Waals surface area contributed by atoms with Crippen LogP contribution in [0.4, 0.5) is 0 Å². The summed E-state index contributed by atoms with van der Waals surface area (Å²) < 4.78 is 8.05. The molecule has 112 valence electrons. The van der Waals surface area contributed by atoms with Crippen LogP contribution in [0.5, 0.6) is 0 Å². The summed E-state index contributed by atoms with van der Waals surface area (Å²) in [6.45, 7) is 6.70. The Kier molecular flexibility index (Phi) is 4.48. The Morgan fingerprint density at radius 1 is 1.24 bits per heavy atom. The molecule has 2 heterocycles. The maximum absolute atomic E-state index is 5.37. The second-order valence-corrected chi connectivity index (χ2v) is 5.71. The van der Waals surface area contributed by atoms with Gasteiger partial charge in [-0.15, -0.1) is 0 Å². The van der Waals surface area contributed by atoms with Crippen molar-refractivity contribution >= 4 is 12.2 Å². The zero-order valence-electron chi connectivity index (χ0n) is 12.2. The van der Waals surface area contributed by atoms with Gasteiger partial charge in [-0.05, 0) is 31.3 Å². The molecule has 0 bridgehead atoms. The quantitative estimate of drug-likeness (QED) is 0.879. The van der Waals surface area contributed by atoms with Crippen molar-refractivity contribution in [3.8, 4) is 5.69 Å². The van der Waals surface area contributed by atoms with Crippen LogP contribution in [-0.4, -0.2) is 52.5 Å². The normalized spacial score (nSPS) is 16.2. The summed E-state index contributed by atoms with van der Waals surface area (Å²) in [6.07, 6.45) is 0.876. The Morgan fingerprint density at radius 3 is 2.67 bits per heavy atom. The van der Waals surface area contributed by atoms with Gasteiger partial charge in [0.05, 0.1) is 13.2 Å². The van der Waals surface area contributed by atoms with Crippen molar-refractivity contribution in [3.05, 3.63) is 40.4 Å². The minimum absolute atomic E-state index is 0.649. The highest BCUT2D eigenvalue weighted by atomic mass is 32.1. The average Bonchev–Trinajstić information content (AvgIpc) is 2.88. The van der Waals surface area contributed by atoms with Crippen LogP contribution in [0.3, 0.4) is 0 Å². The molecule has 6 heteroatoms. The Labute approximate surface area is 129 Å². The molecule has 1 aromatic heterocycles. The first-order chi connectivity index (χ1) is 10.2. The van der Waals surface area contributed by atoms with Crippen molar-refractivity contribution in [1.82, 2.24) is 19.7 Å². The summed E-state index contributed by atoms with van der Waals surface area (Å²) in [4.78, 5) is 2.40. The summed E-state index contributed by atoms with van der Waals surface area (Å²) in [7, 11) is 0. The van der Waals surface area contributed by atoms with Crippen LogP contribution >= 0.6 is 12.2 Å². The van der Waals surface area contributed by atoms with Crippen LogP contribution in [0.2, 0.25) is 0 Å². The molecule has 0 atom stereocenters. The standard InChI is InChI=1S/C15H20N4OS/c1-12-2-4-13(5-3-12)19-14(16-17-15(19)21)6-7-18-8-10-20-11-9-18/h2-5H,6-11H2,1H3,(H,17,21). The van der Waals surface area contributed by atoms with Crippen LogP contribution < -0.4 is 0 Å². The van der Waals surface area contributed by atoms with Gasteiger partial charge in [-0.2, -0.15) is 5.10 Å². The number of aryl methyl sites for hydroxylation is 1. The van der Waals surface area contributed by atoms with Crippen LogP contribution in [-0.2, 0) is 11.2 Å². The zero-order chi connectivity index (χ0) is 14.7. The van der Waals surface area contributed by atoms with Crippen molar-refractivity contribution in [3.63, 3.8) is 0 Å². The first-order valence-corrected chi connectivity index (χ1v) is 7.68. The fourth-order valence-corrected chi connectivity index (χ4v) is 2.80. The Bertz CT molecular complexity index is 640. The van der Waals surface area contributed by atoms with Gasteiger partial charge in [-0.3, -0.25) is 14.6 Å². The second kappa shape index (κ2) is 6.51. The van der Waals surface area contributed by atoms with E-state index < -0.39 is 0 Å². The van der Waals surface area contributed by atoms with Crippen molar-refractivity contribution in [1.29, 1.82) is 0 Å². The third kappa shape index (κ3) is 3.40. The van der Waals surface area contributed by atoms with Gasteiger partial charge in [0.15, 0.2) is 4.77 Å². The summed E-state index contributed by atoms with van der Waals surface area (Å²) in [5.41, 5.74) is 2.31. The number of nitrogens with one attached hydrogen (secondary N) is 1. The molecule has 0 saturated carbocycles. The smallest absolute Gasteiger partial charge is 0.199 e. The lowest BCUT2D eigenvalue weighted by molar-refractivity contribution is 0.0382. The van der Waals surface area contributed by atoms with Gasteiger partial charge in [0, 0.05) is 31.7 Å². The van der Waals surface area contributed by atoms with Gasteiger partial charge in [-0.25, -0.2) is 0 Å². The molecular formula is C15H20N4OS. The van der Waals surface area contributed by atoms with E-state index in [1.807, 2.05) is 4.57 Å². The molecule has 0 amide bonds. The number of rotatable bonds is 4. The molecular weight excluding hydrogens is 284 g/mol. The first-order valence-electron chi connectivity index (χ1n) is 7.27. The molecule has 5 nitrogen and oxygen atoms in total. The van der Waals surface area contributed by atoms with Gasteiger partial charge < -0.3 is 4.74 Å². The van der Waals surface area contributed by atoms with E-state index >= 15 is 0 Å². The Hall–Kier alpha value is -1.50. The third-order valence-corrected chi connectivity index (χ3v) is 4.06. The number of morpholine rings is 1. The summed E-state index contributed by atoms with van der Waals surface area (Å²) in [5.74, 6) is 0.982. The van der Waals surface area contributed by atoms with Gasteiger partial charge >= 0.3 is 0 Å². The molecule has 1 aromatic carbocycles. The lowest BCUT2D eigenvalue weighted by Gasteiger charge is -2.26. The first kappa shape index (κ1) is 14.4. The predicted octanol–water partition coefficient (Wildman–Crippen LogP) is 2.11. The molecule has 0 aliphatic carbocycles. The van der Waals surface area contributed by atoms with Gasteiger partial charge in [-0.1, -0.05) is 17.7 Å².